The van der Waals surface area contributed by atoms with Gasteiger partial charge >= 0.3 is 5.97 Å². The molecule has 27 heavy (non-hydrogen) atoms. The molecule has 0 aromatic carbocycles. The molecule has 0 radical (unpaired) electrons. The molecule has 2 rings (SSSR count). The number of H-pyrrole nitrogens is 1. The number of nitrogens with one attached hydrogen (secondary N) is 1. The molecule has 1 aliphatic heterocycles. The number of nitrogens with zero attached hydrogens (tertiary/aromatic N) is 1. The predicted molar refractivity (Wildman–Crippen MR) is 101 cm³/mol. The number of aromatic nitrogens is 1. The molecule has 1 fully saturated rings. The van der Waals surface area contributed by atoms with Crippen LogP contribution in [0.15, 0.2) is 0 Å². The molecule has 2 heterocycles. The zero-order valence-corrected chi connectivity index (χ0v) is 16.9. The van der Waals surface area contributed by atoms with E-state index in [1.54, 1.807) is 39.5 Å². The summed E-state index contributed by atoms with van der Waals surface area (Å²) in [7, 11) is 0. The number of rotatable bonds is 8. The van der Waals surface area contributed by atoms with Gasteiger partial charge in [0.2, 0.25) is 5.91 Å². The minimum absolute atomic E-state index is 0.0285. The SMILES string of the molecule is CCOC(=O)c1[nH]c(C)c(C(=O)[C@@H](C)N(C[C@H]2CCCO2)C(=O)CC)c1C. The lowest BCUT2D eigenvalue weighted by molar-refractivity contribution is -0.133. The molecule has 1 amide bonds. The Bertz CT molecular complexity index is 703. The number of carbonyl (C=O) groups is 3. The number of aromatic amines is 1. The third-order valence-corrected chi connectivity index (χ3v) is 5.06. The molecule has 7 nitrogen and oxygen atoms in total. The molecular weight excluding hydrogens is 348 g/mol. The number of Topliss-reactive ketones (excluding diaryl/α,β-unsaturated/α-hetero) is 1. The van der Waals surface area contributed by atoms with Crippen molar-refractivity contribution >= 4 is 17.7 Å². The van der Waals surface area contributed by atoms with Gasteiger partial charge in [0.25, 0.3) is 0 Å². The monoisotopic (exact) mass is 378 g/mol. The summed E-state index contributed by atoms with van der Waals surface area (Å²) < 4.78 is 10.7. The Hall–Kier alpha value is -2.15. The Balaban J connectivity index is 2.27. The van der Waals surface area contributed by atoms with Crippen LogP contribution in [0.2, 0.25) is 0 Å². The lowest BCUT2D eigenvalue weighted by atomic mass is 9.99. The molecule has 0 bridgehead atoms. The van der Waals surface area contributed by atoms with Gasteiger partial charge in [-0.05, 0) is 46.1 Å². The fourth-order valence-electron chi connectivity index (χ4n) is 3.56. The Kier molecular flexibility index (Phi) is 7.18. The zero-order chi connectivity index (χ0) is 20.1. The molecule has 0 saturated carbocycles. The van der Waals surface area contributed by atoms with Crippen LogP contribution in [0.5, 0.6) is 0 Å². The van der Waals surface area contributed by atoms with E-state index < -0.39 is 12.0 Å². The maximum Gasteiger partial charge on any atom is 0.355 e. The fourth-order valence-corrected chi connectivity index (χ4v) is 3.56. The van der Waals surface area contributed by atoms with Crippen molar-refractivity contribution in [2.45, 2.75) is 66.0 Å². The lowest BCUT2D eigenvalue weighted by Gasteiger charge is -2.30. The molecule has 1 aromatic rings. The number of hydrogen-bond donors (Lipinski definition) is 1. The third-order valence-electron chi connectivity index (χ3n) is 5.06. The zero-order valence-electron chi connectivity index (χ0n) is 16.9. The first kappa shape index (κ1) is 21.2. The average Bonchev–Trinajstić information content (AvgIpc) is 3.25. The van der Waals surface area contributed by atoms with Gasteiger partial charge in [-0.3, -0.25) is 9.59 Å². The summed E-state index contributed by atoms with van der Waals surface area (Å²) in [5, 5.41) is 0. The summed E-state index contributed by atoms with van der Waals surface area (Å²) in [5.41, 5.74) is 1.90. The van der Waals surface area contributed by atoms with Gasteiger partial charge in [0.15, 0.2) is 5.78 Å². The van der Waals surface area contributed by atoms with E-state index in [1.807, 2.05) is 0 Å². The topological polar surface area (TPSA) is 88.7 Å². The summed E-state index contributed by atoms with van der Waals surface area (Å²) in [5.74, 6) is -0.745. The Morgan fingerprint density at radius 3 is 2.56 bits per heavy atom. The van der Waals surface area contributed by atoms with Crippen LogP contribution < -0.4 is 0 Å². The van der Waals surface area contributed by atoms with Crippen LogP contribution in [-0.2, 0) is 14.3 Å². The molecule has 1 saturated heterocycles. The van der Waals surface area contributed by atoms with Gasteiger partial charge in [0, 0.05) is 30.8 Å². The van der Waals surface area contributed by atoms with Crippen LogP contribution in [-0.4, -0.2) is 59.4 Å². The summed E-state index contributed by atoms with van der Waals surface area (Å²) in [6.45, 7) is 10.1. The van der Waals surface area contributed by atoms with Crippen molar-refractivity contribution in [2.75, 3.05) is 19.8 Å². The number of carbonyl (C=O) groups excluding carboxylic acids is 3. The number of ether oxygens (including phenoxy) is 2. The summed E-state index contributed by atoms with van der Waals surface area (Å²) in [6.07, 6.45) is 2.16. The van der Waals surface area contributed by atoms with Gasteiger partial charge in [0.1, 0.15) is 5.69 Å². The van der Waals surface area contributed by atoms with E-state index in [9.17, 15) is 14.4 Å². The highest BCUT2D eigenvalue weighted by molar-refractivity contribution is 6.06. The summed E-state index contributed by atoms with van der Waals surface area (Å²) in [4.78, 5) is 42.4. The van der Waals surface area contributed by atoms with E-state index in [-0.39, 0.29) is 30.1 Å². The number of esters is 1. The first-order chi connectivity index (χ1) is 12.8. The summed E-state index contributed by atoms with van der Waals surface area (Å²) >= 11 is 0. The maximum atomic E-state index is 13.2. The van der Waals surface area contributed by atoms with Crippen LogP contribution in [0.1, 0.15) is 72.1 Å². The molecule has 1 aliphatic rings. The van der Waals surface area contributed by atoms with Gasteiger partial charge in [-0.15, -0.1) is 0 Å². The van der Waals surface area contributed by atoms with Crippen molar-refractivity contribution in [2.24, 2.45) is 0 Å². The molecule has 7 heteroatoms. The Morgan fingerprint density at radius 2 is 2.00 bits per heavy atom. The first-order valence-corrected chi connectivity index (χ1v) is 9.63. The average molecular weight is 378 g/mol. The van der Waals surface area contributed by atoms with E-state index in [0.29, 0.717) is 36.4 Å². The van der Waals surface area contributed by atoms with Crippen molar-refractivity contribution in [3.63, 3.8) is 0 Å². The van der Waals surface area contributed by atoms with Gasteiger partial charge in [-0.2, -0.15) is 0 Å². The molecule has 1 N–H and O–H groups in total. The third kappa shape index (κ3) is 4.58. The smallest absolute Gasteiger partial charge is 0.355 e. The van der Waals surface area contributed by atoms with E-state index in [0.717, 1.165) is 12.8 Å². The standard InChI is InChI=1S/C20H30N2O5/c1-6-16(23)22(11-15-9-8-10-27-15)14(5)19(24)17-12(3)18(21-13(17)4)20(25)26-7-2/h14-15,21H,6-11H2,1-5H3/t14-,15-/m1/s1. The molecular formula is C20H30N2O5. The second kappa shape index (κ2) is 9.17. The van der Waals surface area contributed by atoms with Crippen LogP contribution in [0.3, 0.4) is 0 Å². The minimum Gasteiger partial charge on any atom is -0.461 e. The maximum absolute atomic E-state index is 13.2. The highest BCUT2D eigenvalue weighted by Gasteiger charge is 2.32. The van der Waals surface area contributed by atoms with Gasteiger partial charge in [-0.25, -0.2) is 4.79 Å². The van der Waals surface area contributed by atoms with Crippen LogP contribution >= 0.6 is 0 Å². The largest absolute Gasteiger partial charge is 0.461 e. The molecule has 0 aliphatic carbocycles. The van der Waals surface area contributed by atoms with Crippen LogP contribution in [0.25, 0.3) is 0 Å². The highest BCUT2D eigenvalue weighted by Crippen LogP contribution is 2.23. The first-order valence-electron chi connectivity index (χ1n) is 9.63. The van der Waals surface area contributed by atoms with Crippen LogP contribution in [0, 0.1) is 13.8 Å². The normalized spacial score (nSPS) is 17.6. The second-order valence-electron chi connectivity index (χ2n) is 6.92. The number of ketones is 1. The van der Waals surface area contributed by atoms with Crippen LogP contribution in [0.4, 0.5) is 0 Å². The summed E-state index contributed by atoms with van der Waals surface area (Å²) in [6, 6.07) is -0.634. The molecule has 1 aromatic heterocycles. The lowest BCUT2D eigenvalue weighted by Crippen LogP contribution is -2.46. The van der Waals surface area contributed by atoms with Gasteiger partial charge in [-0.1, -0.05) is 6.92 Å². The minimum atomic E-state index is -0.634. The quantitative estimate of drug-likeness (QED) is 0.555. The Labute approximate surface area is 160 Å². The van der Waals surface area contributed by atoms with Gasteiger partial charge in [0.05, 0.1) is 18.8 Å². The second-order valence-corrected chi connectivity index (χ2v) is 6.92. The molecule has 150 valence electrons. The van der Waals surface area contributed by atoms with E-state index in [2.05, 4.69) is 4.98 Å². The van der Waals surface area contributed by atoms with Crippen molar-refractivity contribution in [1.29, 1.82) is 0 Å². The molecule has 2 atom stereocenters. The van der Waals surface area contributed by atoms with Crippen molar-refractivity contribution in [3.8, 4) is 0 Å². The van der Waals surface area contributed by atoms with Crippen molar-refractivity contribution in [3.05, 3.63) is 22.5 Å². The van der Waals surface area contributed by atoms with E-state index in [1.165, 1.54) is 0 Å². The number of amides is 1. The molecule has 0 unspecified atom stereocenters. The highest BCUT2D eigenvalue weighted by atomic mass is 16.5. The van der Waals surface area contributed by atoms with Crippen molar-refractivity contribution < 1.29 is 23.9 Å². The van der Waals surface area contributed by atoms with Crippen molar-refractivity contribution in [1.82, 2.24) is 9.88 Å². The fraction of sp³-hybridized carbons (Fsp3) is 0.650. The Morgan fingerprint density at radius 1 is 1.30 bits per heavy atom. The van der Waals surface area contributed by atoms with Gasteiger partial charge < -0.3 is 19.4 Å². The number of hydrogen-bond acceptors (Lipinski definition) is 5. The predicted octanol–water partition coefficient (Wildman–Crippen LogP) is 2.80. The molecule has 0 spiro atoms. The van der Waals surface area contributed by atoms with E-state index in [4.69, 9.17) is 9.47 Å². The number of aryl methyl sites for hydroxylation is 1. The van der Waals surface area contributed by atoms with E-state index >= 15 is 0 Å².